The molecule has 1 N–H and O–H groups in total. The van der Waals surface area contributed by atoms with Crippen LogP contribution in [-0.2, 0) is 19.6 Å². The third-order valence-electron chi connectivity index (χ3n) is 4.65. The minimum Gasteiger partial charge on any atom is -0.465 e. The van der Waals surface area contributed by atoms with Gasteiger partial charge in [-0.15, -0.1) is 0 Å². The van der Waals surface area contributed by atoms with E-state index in [0.717, 1.165) is 12.8 Å². The normalized spacial score (nSPS) is 21.2. The lowest BCUT2D eigenvalue weighted by Crippen LogP contribution is -2.45. The second-order valence-corrected chi connectivity index (χ2v) is 8.94. The molecule has 1 aliphatic heterocycles. The molecule has 1 saturated heterocycles. The van der Waals surface area contributed by atoms with E-state index in [2.05, 4.69) is 10.1 Å². The van der Waals surface area contributed by atoms with Gasteiger partial charge in [-0.05, 0) is 43.9 Å². The zero-order valence-electron chi connectivity index (χ0n) is 14.4. The Labute approximate surface area is 157 Å². The van der Waals surface area contributed by atoms with Crippen LogP contribution in [0.1, 0.15) is 36.0 Å². The van der Waals surface area contributed by atoms with Gasteiger partial charge in [0.25, 0.3) is 0 Å². The van der Waals surface area contributed by atoms with E-state index in [1.54, 1.807) is 0 Å². The van der Waals surface area contributed by atoms with E-state index in [1.165, 1.54) is 29.6 Å². The van der Waals surface area contributed by atoms with Gasteiger partial charge in [-0.2, -0.15) is 4.31 Å². The van der Waals surface area contributed by atoms with Gasteiger partial charge >= 0.3 is 5.97 Å². The number of piperidine rings is 1. The Bertz CT molecular complexity index is 822. The number of amides is 1. The van der Waals surface area contributed by atoms with E-state index in [1.807, 2.05) is 0 Å². The van der Waals surface area contributed by atoms with Crippen molar-refractivity contribution in [3.8, 4) is 0 Å². The maximum Gasteiger partial charge on any atom is 0.337 e. The molecule has 0 aromatic heterocycles. The molecule has 1 saturated carbocycles. The second kappa shape index (κ2) is 7.54. The maximum absolute atomic E-state index is 13.0. The number of nitrogens with zero attached hydrogens (tertiary/aromatic N) is 1. The van der Waals surface area contributed by atoms with Crippen molar-refractivity contribution in [2.45, 2.75) is 36.6 Å². The van der Waals surface area contributed by atoms with Crippen molar-refractivity contribution in [1.82, 2.24) is 9.62 Å². The zero-order chi connectivity index (χ0) is 18.9. The first-order chi connectivity index (χ1) is 12.3. The SMILES string of the molecule is COC(=O)c1ccc(S(=O)(=O)N2CCCC(C(=O)NC3CC3)C2)c(Cl)c1. The van der Waals surface area contributed by atoms with Gasteiger partial charge in [-0.3, -0.25) is 4.79 Å². The number of sulfonamides is 1. The van der Waals surface area contributed by atoms with Gasteiger partial charge in [0, 0.05) is 19.1 Å². The Morgan fingerprint density at radius 3 is 2.62 bits per heavy atom. The second-order valence-electron chi connectivity index (χ2n) is 6.62. The summed E-state index contributed by atoms with van der Waals surface area (Å²) in [5, 5.41) is 2.89. The van der Waals surface area contributed by atoms with Gasteiger partial charge in [0.15, 0.2) is 0 Å². The molecule has 1 amide bonds. The first-order valence-corrected chi connectivity index (χ1v) is 10.3. The number of nitrogens with one attached hydrogen (secondary N) is 1. The molecule has 1 heterocycles. The molecule has 1 aromatic rings. The number of methoxy groups -OCH3 is 1. The predicted octanol–water partition coefficient (Wildman–Crippen LogP) is 1.81. The summed E-state index contributed by atoms with van der Waals surface area (Å²) in [6, 6.07) is 4.19. The molecule has 7 nitrogen and oxygen atoms in total. The van der Waals surface area contributed by atoms with E-state index >= 15 is 0 Å². The molecule has 2 aliphatic rings. The van der Waals surface area contributed by atoms with Gasteiger partial charge in [-0.25, -0.2) is 13.2 Å². The Kier molecular flexibility index (Phi) is 5.55. The van der Waals surface area contributed by atoms with E-state index in [0.29, 0.717) is 19.4 Å². The van der Waals surface area contributed by atoms with Crippen LogP contribution in [0.4, 0.5) is 0 Å². The number of esters is 1. The van der Waals surface area contributed by atoms with Crippen molar-refractivity contribution in [3.63, 3.8) is 0 Å². The first-order valence-electron chi connectivity index (χ1n) is 8.51. The molecule has 2 fully saturated rings. The van der Waals surface area contributed by atoms with Crippen LogP contribution in [0.25, 0.3) is 0 Å². The number of carbonyl (C=O) groups is 2. The van der Waals surface area contributed by atoms with Crippen LogP contribution in [-0.4, -0.2) is 50.8 Å². The highest BCUT2D eigenvalue weighted by Gasteiger charge is 2.36. The number of rotatable bonds is 5. The largest absolute Gasteiger partial charge is 0.465 e. The fourth-order valence-corrected chi connectivity index (χ4v) is 5.06. The average molecular weight is 401 g/mol. The van der Waals surface area contributed by atoms with Crippen molar-refractivity contribution in [2.75, 3.05) is 20.2 Å². The van der Waals surface area contributed by atoms with Crippen LogP contribution < -0.4 is 5.32 Å². The molecule has 142 valence electrons. The molecule has 0 spiro atoms. The van der Waals surface area contributed by atoms with Crippen molar-refractivity contribution in [2.24, 2.45) is 5.92 Å². The summed E-state index contributed by atoms with van der Waals surface area (Å²) in [7, 11) is -2.61. The lowest BCUT2D eigenvalue weighted by molar-refractivity contribution is -0.126. The summed E-state index contributed by atoms with van der Waals surface area (Å²) in [5.41, 5.74) is 0.178. The van der Waals surface area contributed by atoms with Gasteiger partial charge in [0.2, 0.25) is 15.9 Å². The number of ether oxygens (including phenoxy) is 1. The molecule has 1 aromatic carbocycles. The third-order valence-corrected chi connectivity index (χ3v) is 7.00. The predicted molar refractivity (Wildman–Crippen MR) is 95.4 cm³/mol. The van der Waals surface area contributed by atoms with Gasteiger partial charge in [-0.1, -0.05) is 11.6 Å². The fourth-order valence-electron chi connectivity index (χ4n) is 3.02. The number of hydrogen-bond acceptors (Lipinski definition) is 5. The summed E-state index contributed by atoms with van der Waals surface area (Å²) in [6.45, 7) is 0.473. The molecule has 1 aliphatic carbocycles. The Morgan fingerprint density at radius 2 is 2.00 bits per heavy atom. The third kappa shape index (κ3) is 4.02. The lowest BCUT2D eigenvalue weighted by Gasteiger charge is -2.31. The monoisotopic (exact) mass is 400 g/mol. The highest BCUT2D eigenvalue weighted by atomic mass is 35.5. The van der Waals surface area contributed by atoms with E-state index in [-0.39, 0.29) is 39.9 Å². The minimum absolute atomic E-state index is 0.0440. The molecular formula is C17H21ClN2O5S. The van der Waals surface area contributed by atoms with Gasteiger partial charge in [0.05, 0.1) is 23.6 Å². The van der Waals surface area contributed by atoms with Crippen LogP contribution in [0.2, 0.25) is 5.02 Å². The molecule has 0 bridgehead atoms. The highest BCUT2D eigenvalue weighted by molar-refractivity contribution is 7.89. The van der Waals surface area contributed by atoms with Crippen molar-refractivity contribution in [1.29, 1.82) is 0 Å². The van der Waals surface area contributed by atoms with Gasteiger partial charge < -0.3 is 10.1 Å². The lowest BCUT2D eigenvalue weighted by atomic mass is 9.99. The summed E-state index contributed by atoms with van der Waals surface area (Å²) in [6.07, 6.45) is 3.25. The van der Waals surface area contributed by atoms with Crippen LogP contribution in [0.15, 0.2) is 23.1 Å². The van der Waals surface area contributed by atoms with Crippen molar-refractivity contribution in [3.05, 3.63) is 28.8 Å². The summed E-state index contributed by atoms with van der Waals surface area (Å²) < 4.78 is 31.8. The molecule has 3 rings (SSSR count). The molecular weight excluding hydrogens is 380 g/mol. The Hall–Kier alpha value is -1.64. The number of carbonyl (C=O) groups excluding carboxylic acids is 2. The highest BCUT2D eigenvalue weighted by Crippen LogP contribution is 2.30. The van der Waals surface area contributed by atoms with Gasteiger partial charge in [0.1, 0.15) is 4.90 Å². The maximum atomic E-state index is 13.0. The van der Waals surface area contributed by atoms with Crippen LogP contribution in [0.3, 0.4) is 0 Å². The number of benzene rings is 1. The summed E-state index contributed by atoms with van der Waals surface area (Å²) in [5.74, 6) is -1.03. The quantitative estimate of drug-likeness (QED) is 0.761. The first kappa shape index (κ1) is 19.1. The van der Waals surface area contributed by atoms with E-state index in [9.17, 15) is 18.0 Å². The number of hydrogen-bond donors (Lipinski definition) is 1. The van der Waals surface area contributed by atoms with Crippen LogP contribution in [0.5, 0.6) is 0 Å². The zero-order valence-corrected chi connectivity index (χ0v) is 16.0. The minimum atomic E-state index is -3.85. The standard InChI is InChI=1S/C17H21ClN2O5S/c1-25-17(22)11-4-7-15(14(18)9-11)26(23,24)20-8-2-3-12(10-20)16(21)19-13-5-6-13/h4,7,9,12-13H,2-3,5-6,8,10H2,1H3,(H,19,21). The topological polar surface area (TPSA) is 92.8 Å². The van der Waals surface area contributed by atoms with E-state index in [4.69, 9.17) is 11.6 Å². The average Bonchev–Trinajstić information content (AvgIpc) is 3.44. The molecule has 26 heavy (non-hydrogen) atoms. The summed E-state index contributed by atoms with van der Waals surface area (Å²) in [4.78, 5) is 23.7. The smallest absolute Gasteiger partial charge is 0.337 e. The molecule has 0 radical (unpaired) electrons. The van der Waals surface area contributed by atoms with E-state index < -0.39 is 16.0 Å². The van der Waals surface area contributed by atoms with Crippen LogP contribution >= 0.6 is 11.6 Å². The Balaban J connectivity index is 1.78. The van der Waals surface area contributed by atoms with Crippen LogP contribution in [0, 0.1) is 5.92 Å². The Morgan fingerprint density at radius 1 is 1.27 bits per heavy atom. The van der Waals surface area contributed by atoms with Crippen molar-refractivity contribution >= 4 is 33.5 Å². The number of halogens is 1. The van der Waals surface area contributed by atoms with Crippen molar-refractivity contribution < 1.29 is 22.7 Å². The summed E-state index contributed by atoms with van der Waals surface area (Å²) >= 11 is 6.12. The fraction of sp³-hybridized carbons (Fsp3) is 0.529. The molecule has 1 atom stereocenters. The molecule has 9 heteroatoms. The molecule has 1 unspecified atom stereocenters.